The molecule has 1 aliphatic rings. The van der Waals surface area contributed by atoms with Crippen molar-refractivity contribution in [2.45, 2.75) is 24.8 Å². The minimum absolute atomic E-state index is 0.393. The lowest BCUT2D eigenvalue weighted by atomic mass is 9.77. The number of rotatable bonds is 3. The van der Waals surface area contributed by atoms with Crippen molar-refractivity contribution in [2.24, 2.45) is 0 Å². The standard InChI is InChI=1S/C15H16N2O/c1-3-9-17-15(11-16)8-4-5-12-6-7-13(18-2)10-14(12)15/h1,6-7,10,17H,4-5,8-9H2,2H3. The Morgan fingerprint density at radius 3 is 3.06 bits per heavy atom. The maximum absolute atomic E-state index is 9.56. The zero-order valence-corrected chi connectivity index (χ0v) is 10.5. The van der Waals surface area contributed by atoms with Gasteiger partial charge in [0.1, 0.15) is 11.3 Å². The number of hydrogen-bond acceptors (Lipinski definition) is 3. The van der Waals surface area contributed by atoms with Gasteiger partial charge in [0, 0.05) is 0 Å². The van der Waals surface area contributed by atoms with Crippen LogP contribution in [-0.2, 0) is 12.0 Å². The largest absolute Gasteiger partial charge is 0.497 e. The summed E-state index contributed by atoms with van der Waals surface area (Å²) < 4.78 is 5.25. The predicted molar refractivity (Wildman–Crippen MR) is 70.1 cm³/mol. The predicted octanol–water partition coefficient (Wildman–Crippen LogP) is 1.97. The minimum atomic E-state index is -0.672. The van der Waals surface area contributed by atoms with E-state index >= 15 is 0 Å². The van der Waals surface area contributed by atoms with Gasteiger partial charge in [-0.25, -0.2) is 0 Å². The van der Waals surface area contributed by atoms with E-state index in [4.69, 9.17) is 11.2 Å². The Hall–Kier alpha value is -1.97. The zero-order valence-electron chi connectivity index (χ0n) is 10.5. The summed E-state index contributed by atoms with van der Waals surface area (Å²) in [5.74, 6) is 3.32. The molecule has 18 heavy (non-hydrogen) atoms. The van der Waals surface area contributed by atoms with Crippen molar-refractivity contribution < 1.29 is 4.74 Å². The van der Waals surface area contributed by atoms with Gasteiger partial charge in [-0.3, -0.25) is 5.32 Å². The number of ether oxygens (including phenoxy) is 1. The second-order valence-corrected chi connectivity index (χ2v) is 4.45. The van der Waals surface area contributed by atoms with Crippen molar-refractivity contribution in [3.63, 3.8) is 0 Å². The van der Waals surface area contributed by atoms with Crippen LogP contribution in [0.5, 0.6) is 5.75 Å². The molecule has 0 radical (unpaired) electrons. The number of methoxy groups -OCH3 is 1. The fourth-order valence-electron chi connectivity index (χ4n) is 2.52. The van der Waals surface area contributed by atoms with Crippen LogP contribution in [0.3, 0.4) is 0 Å². The molecule has 0 spiro atoms. The van der Waals surface area contributed by atoms with Crippen molar-refractivity contribution in [1.29, 1.82) is 5.26 Å². The maximum Gasteiger partial charge on any atom is 0.133 e. The van der Waals surface area contributed by atoms with E-state index in [0.717, 1.165) is 30.6 Å². The van der Waals surface area contributed by atoms with Gasteiger partial charge in [-0.05, 0) is 42.5 Å². The van der Waals surface area contributed by atoms with Gasteiger partial charge in [-0.1, -0.05) is 12.0 Å². The van der Waals surface area contributed by atoms with Crippen LogP contribution in [0.25, 0.3) is 0 Å². The number of nitrogens with zero attached hydrogens (tertiary/aromatic N) is 1. The number of benzene rings is 1. The normalized spacial score (nSPS) is 21.5. The van der Waals surface area contributed by atoms with Gasteiger partial charge in [-0.2, -0.15) is 5.26 Å². The first-order valence-corrected chi connectivity index (χ1v) is 6.03. The van der Waals surface area contributed by atoms with Crippen LogP contribution < -0.4 is 10.1 Å². The molecule has 1 aromatic rings. The molecule has 0 fully saturated rings. The van der Waals surface area contributed by atoms with Crippen LogP contribution in [0.1, 0.15) is 24.0 Å². The molecule has 1 atom stereocenters. The van der Waals surface area contributed by atoms with E-state index in [-0.39, 0.29) is 0 Å². The van der Waals surface area contributed by atoms with Crippen LogP contribution >= 0.6 is 0 Å². The Bertz CT molecular complexity index is 524. The summed E-state index contributed by atoms with van der Waals surface area (Å²) in [6, 6.07) is 8.32. The molecule has 1 N–H and O–H groups in total. The molecule has 0 amide bonds. The van der Waals surface area contributed by atoms with Gasteiger partial charge in [0.25, 0.3) is 0 Å². The second kappa shape index (κ2) is 5.12. The number of hydrogen-bond donors (Lipinski definition) is 1. The third kappa shape index (κ3) is 2.06. The molecule has 3 nitrogen and oxygen atoms in total. The van der Waals surface area contributed by atoms with Crippen LogP contribution in [0.2, 0.25) is 0 Å². The molecule has 0 aliphatic heterocycles. The van der Waals surface area contributed by atoms with Gasteiger partial charge in [-0.15, -0.1) is 6.42 Å². The van der Waals surface area contributed by atoms with E-state index in [1.807, 2.05) is 18.2 Å². The van der Waals surface area contributed by atoms with E-state index in [1.54, 1.807) is 7.11 Å². The Balaban J connectivity index is 2.47. The molecule has 0 bridgehead atoms. The molecule has 92 valence electrons. The third-order valence-corrected chi connectivity index (χ3v) is 3.46. The zero-order chi connectivity index (χ0) is 13.0. The van der Waals surface area contributed by atoms with E-state index in [9.17, 15) is 5.26 Å². The van der Waals surface area contributed by atoms with Crippen LogP contribution in [0, 0.1) is 23.7 Å². The summed E-state index contributed by atoms with van der Waals surface area (Å²) in [6.07, 6.45) is 8.06. The van der Waals surface area contributed by atoms with Gasteiger partial charge >= 0.3 is 0 Å². The first kappa shape index (κ1) is 12.5. The lowest BCUT2D eigenvalue weighted by Gasteiger charge is -2.34. The summed E-state index contributed by atoms with van der Waals surface area (Å²) in [6.45, 7) is 0.393. The van der Waals surface area contributed by atoms with E-state index in [1.165, 1.54) is 5.56 Å². The Morgan fingerprint density at radius 2 is 2.39 bits per heavy atom. The highest BCUT2D eigenvalue weighted by Gasteiger charge is 2.36. The number of fused-ring (bicyclic) bond motifs is 1. The van der Waals surface area contributed by atoms with Gasteiger partial charge in [0.05, 0.1) is 19.7 Å². The van der Waals surface area contributed by atoms with Crippen molar-refractivity contribution in [2.75, 3.05) is 13.7 Å². The average Bonchev–Trinajstić information content (AvgIpc) is 2.44. The van der Waals surface area contributed by atoms with Crippen molar-refractivity contribution >= 4 is 0 Å². The molecule has 2 rings (SSSR count). The molecular weight excluding hydrogens is 224 g/mol. The highest BCUT2D eigenvalue weighted by atomic mass is 16.5. The highest BCUT2D eigenvalue weighted by Crippen LogP contribution is 2.36. The van der Waals surface area contributed by atoms with E-state index in [2.05, 4.69) is 17.3 Å². The molecule has 0 heterocycles. The SMILES string of the molecule is C#CCNC1(C#N)CCCc2ccc(OC)cc21. The summed E-state index contributed by atoms with van der Waals surface area (Å²) in [5.41, 5.74) is 1.54. The Labute approximate surface area is 108 Å². The Kier molecular flexibility index (Phi) is 3.55. The smallest absolute Gasteiger partial charge is 0.133 e. The molecule has 0 aromatic heterocycles. The first-order chi connectivity index (χ1) is 8.75. The van der Waals surface area contributed by atoms with E-state index < -0.39 is 5.54 Å². The minimum Gasteiger partial charge on any atom is -0.497 e. The quantitative estimate of drug-likeness (QED) is 0.822. The number of nitriles is 1. The second-order valence-electron chi connectivity index (χ2n) is 4.45. The van der Waals surface area contributed by atoms with Gasteiger partial charge < -0.3 is 4.74 Å². The van der Waals surface area contributed by atoms with Crippen molar-refractivity contribution in [3.8, 4) is 24.2 Å². The summed E-state index contributed by atoms with van der Waals surface area (Å²) in [7, 11) is 1.63. The first-order valence-electron chi connectivity index (χ1n) is 6.03. The fourth-order valence-corrected chi connectivity index (χ4v) is 2.52. The molecule has 1 aliphatic carbocycles. The summed E-state index contributed by atoms with van der Waals surface area (Å²) in [4.78, 5) is 0. The fraction of sp³-hybridized carbons (Fsp3) is 0.400. The van der Waals surface area contributed by atoms with Gasteiger partial charge in [0.2, 0.25) is 0 Å². The van der Waals surface area contributed by atoms with Crippen LogP contribution in [0.4, 0.5) is 0 Å². The molecule has 3 heteroatoms. The third-order valence-electron chi connectivity index (χ3n) is 3.46. The molecule has 1 unspecified atom stereocenters. The maximum atomic E-state index is 9.56. The van der Waals surface area contributed by atoms with Crippen LogP contribution in [0.15, 0.2) is 18.2 Å². The summed E-state index contributed by atoms with van der Waals surface area (Å²) >= 11 is 0. The summed E-state index contributed by atoms with van der Waals surface area (Å²) in [5, 5.41) is 12.7. The molecule has 0 saturated carbocycles. The number of aryl methyl sites for hydroxylation is 1. The molecule has 0 saturated heterocycles. The number of terminal acetylenes is 1. The monoisotopic (exact) mass is 240 g/mol. The molecule has 1 aromatic carbocycles. The lowest BCUT2D eigenvalue weighted by molar-refractivity contribution is 0.376. The molecular formula is C15H16N2O. The van der Waals surface area contributed by atoms with Crippen molar-refractivity contribution in [3.05, 3.63) is 29.3 Å². The lowest BCUT2D eigenvalue weighted by Crippen LogP contribution is -2.44. The topological polar surface area (TPSA) is 45.0 Å². The van der Waals surface area contributed by atoms with Crippen LogP contribution in [-0.4, -0.2) is 13.7 Å². The van der Waals surface area contributed by atoms with E-state index in [0.29, 0.717) is 6.54 Å². The van der Waals surface area contributed by atoms with Gasteiger partial charge in [0.15, 0.2) is 0 Å². The Morgan fingerprint density at radius 1 is 1.56 bits per heavy atom. The highest BCUT2D eigenvalue weighted by molar-refractivity contribution is 5.45. The van der Waals surface area contributed by atoms with Crippen molar-refractivity contribution in [1.82, 2.24) is 5.32 Å². The average molecular weight is 240 g/mol. The number of nitrogens with one attached hydrogen (secondary N) is 1.